The number of fused-ring (bicyclic) bond motifs is 1. The molecule has 8 nitrogen and oxygen atoms in total. The highest BCUT2D eigenvalue weighted by molar-refractivity contribution is 7.87. The minimum Gasteiger partial charge on any atom is -0.462 e. The molecule has 1 aliphatic heterocycles. The van der Waals surface area contributed by atoms with Crippen molar-refractivity contribution in [2.75, 3.05) is 19.8 Å². The van der Waals surface area contributed by atoms with Gasteiger partial charge < -0.3 is 14.8 Å². The van der Waals surface area contributed by atoms with Crippen LogP contribution in [0.15, 0.2) is 12.7 Å². The Kier molecular flexibility index (Phi) is 4.67. The first-order valence-electron chi connectivity index (χ1n) is 7.94. The molecular weight excluding hydrogens is 338 g/mol. The van der Waals surface area contributed by atoms with Gasteiger partial charge in [0.25, 0.3) is 10.1 Å². The molecule has 2 bridgehead atoms. The van der Waals surface area contributed by atoms with E-state index >= 15 is 0 Å². The van der Waals surface area contributed by atoms with E-state index < -0.39 is 33.3 Å². The predicted molar refractivity (Wildman–Crippen MR) is 82.2 cm³/mol. The summed E-state index contributed by atoms with van der Waals surface area (Å²) >= 11 is 0. The topological polar surface area (TPSA) is 108 Å². The van der Waals surface area contributed by atoms with Crippen LogP contribution in [-0.2, 0) is 33.4 Å². The summed E-state index contributed by atoms with van der Waals surface area (Å²) in [4.78, 5) is 22.3. The van der Waals surface area contributed by atoms with Crippen molar-refractivity contribution in [1.82, 2.24) is 5.32 Å². The number of hydrogen-bond acceptors (Lipinski definition) is 7. The van der Waals surface area contributed by atoms with Crippen LogP contribution in [0.3, 0.4) is 0 Å². The van der Waals surface area contributed by atoms with Gasteiger partial charge in [-0.2, -0.15) is 8.42 Å². The van der Waals surface area contributed by atoms with Crippen LogP contribution in [0.25, 0.3) is 0 Å². The first-order valence-corrected chi connectivity index (χ1v) is 9.42. The van der Waals surface area contributed by atoms with Gasteiger partial charge in [0.2, 0.25) is 5.91 Å². The number of rotatable bonds is 7. The van der Waals surface area contributed by atoms with E-state index in [1.54, 1.807) is 0 Å². The van der Waals surface area contributed by atoms with E-state index in [0.29, 0.717) is 0 Å². The predicted octanol–water partition coefficient (Wildman–Crippen LogP) is -0.400. The van der Waals surface area contributed by atoms with Gasteiger partial charge in [-0.05, 0) is 24.3 Å². The van der Waals surface area contributed by atoms with Gasteiger partial charge in [-0.3, -0.25) is 13.8 Å². The highest BCUT2D eigenvalue weighted by atomic mass is 32.2. The number of esters is 1. The maximum atomic E-state index is 12.0. The fraction of sp³-hybridized carbons (Fsp3) is 0.733. The molecule has 24 heavy (non-hydrogen) atoms. The lowest BCUT2D eigenvalue weighted by molar-refractivity contribution is -0.146. The number of amides is 1. The molecule has 1 saturated heterocycles. The fourth-order valence-corrected chi connectivity index (χ4v) is 6.31. The minimum atomic E-state index is -3.49. The lowest BCUT2D eigenvalue weighted by Gasteiger charge is -2.29. The Bertz CT molecular complexity index is 646. The van der Waals surface area contributed by atoms with E-state index in [1.807, 2.05) is 6.92 Å². The number of hydrogen-bond donors (Lipinski definition) is 1. The summed E-state index contributed by atoms with van der Waals surface area (Å²) in [6.07, 6.45) is 1.17. The molecule has 3 rings (SSSR count). The Morgan fingerprint density at radius 3 is 2.79 bits per heavy atom. The summed E-state index contributed by atoms with van der Waals surface area (Å²) in [7, 11) is -3.49. The van der Waals surface area contributed by atoms with Crippen LogP contribution in [0, 0.1) is 17.8 Å². The van der Waals surface area contributed by atoms with E-state index in [2.05, 4.69) is 11.9 Å². The average Bonchev–Trinajstić information content (AvgIpc) is 3.10. The maximum Gasteiger partial charge on any atom is 0.325 e. The first kappa shape index (κ1) is 17.4. The number of carbonyl (C=O) groups excluding carboxylic acids is 2. The normalized spacial score (nSPS) is 38.0. The van der Waals surface area contributed by atoms with Crippen molar-refractivity contribution >= 4 is 22.0 Å². The number of carbonyl (C=O) groups is 2. The van der Waals surface area contributed by atoms with Gasteiger partial charge in [0.05, 0.1) is 18.0 Å². The van der Waals surface area contributed by atoms with Gasteiger partial charge in [-0.15, -0.1) is 0 Å². The summed E-state index contributed by atoms with van der Waals surface area (Å²) in [6.45, 7) is 5.16. The molecule has 0 aromatic rings. The van der Waals surface area contributed by atoms with Gasteiger partial charge in [-0.1, -0.05) is 13.5 Å². The average molecular weight is 359 g/mol. The Morgan fingerprint density at radius 1 is 1.33 bits per heavy atom. The standard InChI is InChI=1S/C15H21NO7S/c1-3-11(17)16-7-12(18)21-4-5-22-13-9-6-10-14(13)23-24(19,20)15(10)8(9)2/h3,8-10,13-15H,1,4-7H2,2H3,(H,16,17). The Labute approximate surface area is 140 Å². The molecule has 1 heterocycles. The minimum absolute atomic E-state index is 0.0108. The van der Waals surface area contributed by atoms with E-state index in [0.717, 1.165) is 12.5 Å². The van der Waals surface area contributed by atoms with Crippen LogP contribution in [0.4, 0.5) is 0 Å². The van der Waals surface area contributed by atoms with E-state index in [4.69, 9.17) is 13.7 Å². The highest BCUT2D eigenvalue weighted by Crippen LogP contribution is 2.58. The van der Waals surface area contributed by atoms with Crippen LogP contribution in [0.1, 0.15) is 13.3 Å². The van der Waals surface area contributed by atoms with E-state index in [9.17, 15) is 18.0 Å². The monoisotopic (exact) mass is 359 g/mol. The molecule has 1 amide bonds. The van der Waals surface area contributed by atoms with E-state index in [1.165, 1.54) is 0 Å². The molecule has 1 N–H and O–H groups in total. The fourth-order valence-electron chi connectivity index (χ4n) is 4.20. The molecule has 6 atom stereocenters. The highest BCUT2D eigenvalue weighted by Gasteiger charge is 2.67. The molecule has 6 unspecified atom stereocenters. The summed E-state index contributed by atoms with van der Waals surface area (Å²) < 4.78 is 40.0. The molecule has 9 heteroatoms. The SMILES string of the molecule is C=CC(=O)NCC(=O)OCCOC1C2CC3C1OS(=O)(=O)C3C2C. The zero-order chi connectivity index (χ0) is 17.5. The zero-order valence-corrected chi connectivity index (χ0v) is 14.2. The molecular formula is C15H21NO7S. The summed E-state index contributed by atoms with van der Waals surface area (Å²) in [6, 6.07) is 0. The molecule has 2 saturated carbocycles. The first-order chi connectivity index (χ1) is 11.3. The summed E-state index contributed by atoms with van der Waals surface area (Å²) in [5.41, 5.74) is 0. The lowest BCUT2D eigenvalue weighted by Crippen LogP contribution is -2.41. The second kappa shape index (κ2) is 6.45. The molecule has 2 aliphatic carbocycles. The van der Waals surface area contributed by atoms with Crippen molar-refractivity contribution in [1.29, 1.82) is 0 Å². The molecule has 0 radical (unpaired) electrons. The summed E-state index contributed by atoms with van der Waals surface area (Å²) in [5.74, 6) is -0.842. The van der Waals surface area contributed by atoms with Crippen LogP contribution in [0.5, 0.6) is 0 Å². The third kappa shape index (κ3) is 2.96. The van der Waals surface area contributed by atoms with E-state index in [-0.39, 0.29) is 43.6 Å². The third-order valence-corrected chi connectivity index (χ3v) is 7.09. The summed E-state index contributed by atoms with van der Waals surface area (Å²) in [5, 5.41) is 1.91. The third-order valence-electron chi connectivity index (χ3n) is 5.16. The molecule has 0 aromatic heterocycles. The maximum absolute atomic E-state index is 12.0. The smallest absolute Gasteiger partial charge is 0.325 e. The van der Waals surface area contributed by atoms with Crippen molar-refractivity contribution < 1.29 is 31.7 Å². The second-order valence-electron chi connectivity index (χ2n) is 6.42. The largest absolute Gasteiger partial charge is 0.462 e. The lowest BCUT2D eigenvalue weighted by atomic mass is 9.86. The van der Waals surface area contributed by atoms with Crippen molar-refractivity contribution in [2.45, 2.75) is 30.8 Å². The van der Waals surface area contributed by atoms with Gasteiger partial charge >= 0.3 is 5.97 Å². The van der Waals surface area contributed by atoms with Gasteiger partial charge in [-0.25, -0.2) is 0 Å². The molecule has 0 aromatic carbocycles. The van der Waals surface area contributed by atoms with Crippen molar-refractivity contribution in [3.05, 3.63) is 12.7 Å². The van der Waals surface area contributed by atoms with Crippen LogP contribution >= 0.6 is 0 Å². The second-order valence-corrected chi connectivity index (χ2v) is 8.14. The number of ether oxygens (including phenoxy) is 2. The zero-order valence-electron chi connectivity index (χ0n) is 13.3. The van der Waals surface area contributed by atoms with Crippen molar-refractivity contribution in [3.8, 4) is 0 Å². The number of nitrogens with one attached hydrogen (secondary N) is 1. The molecule has 3 aliphatic rings. The Morgan fingerprint density at radius 2 is 2.08 bits per heavy atom. The van der Waals surface area contributed by atoms with Crippen LogP contribution in [-0.4, -0.2) is 57.5 Å². The van der Waals surface area contributed by atoms with Crippen LogP contribution in [0.2, 0.25) is 0 Å². The van der Waals surface area contributed by atoms with Crippen LogP contribution < -0.4 is 5.32 Å². The van der Waals surface area contributed by atoms with Crippen molar-refractivity contribution in [2.24, 2.45) is 17.8 Å². The quantitative estimate of drug-likeness (QED) is 0.285. The molecule has 0 spiro atoms. The van der Waals surface area contributed by atoms with Crippen molar-refractivity contribution in [3.63, 3.8) is 0 Å². The Balaban J connectivity index is 1.43. The van der Waals surface area contributed by atoms with Gasteiger partial charge in [0.15, 0.2) is 0 Å². The molecule has 134 valence electrons. The molecule has 3 fully saturated rings. The Hall–Kier alpha value is -1.45. The van der Waals surface area contributed by atoms with Gasteiger partial charge in [0, 0.05) is 5.92 Å². The van der Waals surface area contributed by atoms with Gasteiger partial charge in [0.1, 0.15) is 19.3 Å².